The van der Waals surface area contributed by atoms with Crippen molar-refractivity contribution in [3.63, 3.8) is 0 Å². The summed E-state index contributed by atoms with van der Waals surface area (Å²) in [6.45, 7) is 5.47. The van der Waals surface area contributed by atoms with Crippen LogP contribution in [0.3, 0.4) is 0 Å². The summed E-state index contributed by atoms with van der Waals surface area (Å²) in [5.74, 6) is 4.22. The third kappa shape index (κ3) is 5.49. The Kier molecular flexibility index (Phi) is 10.2. The smallest absolute Gasteiger partial charge is 0.339 e. The van der Waals surface area contributed by atoms with Crippen LogP contribution in [0.25, 0.3) is 0 Å². The van der Waals surface area contributed by atoms with Gasteiger partial charge in [0.1, 0.15) is 11.2 Å². The molecule has 10 aliphatic carbocycles. The number of ether oxygens (including phenoxy) is 2. The summed E-state index contributed by atoms with van der Waals surface area (Å²) in [5, 5.41) is 14.6. The maximum absolute atomic E-state index is 16.9. The topological polar surface area (TPSA) is 105 Å². The van der Waals surface area contributed by atoms with Gasteiger partial charge in [-0.05, 0) is 223 Å². The second-order valence-corrected chi connectivity index (χ2v) is 31.0. The first-order chi connectivity index (χ1) is 38.1. The van der Waals surface area contributed by atoms with E-state index >= 15 is 9.59 Å². The highest BCUT2D eigenvalue weighted by Crippen LogP contribution is 2.89. The van der Waals surface area contributed by atoms with Crippen LogP contribution in [0, 0.1) is 92.2 Å². The van der Waals surface area contributed by atoms with Gasteiger partial charge in [-0.2, -0.15) is 0 Å². The van der Waals surface area contributed by atoms with Crippen molar-refractivity contribution >= 4 is 11.9 Å². The van der Waals surface area contributed by atoms with Gasteiger partial charge in [0.25, 0.3) is 0 Å². The van der Waals surface area contributed by atoms with Crippen LogP contribution in [0.15, 0.2) is 64.3 Å². The minimum Gasteiger partial charge on any atom is -0.508 e. The number of rotatable bonds is 5. The monoisotopic (exact) mass is 1050 g/mol. The number of carbonyl (C=O) groups excluding carboxylic acids is 2. The fourth-order valence-electron chi connectivity index (χ4n) is 27.2. The predicted molar refractivity (Wildman–Crippen MR) is 300 cm³/mol. The van der Waals surface area contributed by atoms with Gasteiger partial charge in [-0.15, -0.1) is 0 Å². The summed E-state index contributed by atoms with van der Waals surface area (Å²) in [7, 11) is 0. The van der Waals surface area contributed by atoms with E-state index in [0.717, 1.165) is 61.8 Å². The lowest BCUT2D eigenvalue weighted by molar-refractivity contribution is -0.282. The molecule has 3 N–H and O–H groups in total. The molecule has 0 aromatic heterocycles. The van der Waals surface area contributed by atoms with Crippen LogP contribution in [0.5, 0.6) is 0 Å². The SMILES string of the molecule is C[C@@H]1CC2=C3[C@H]4C5=C6[C@@H](/C=C\[C@@H](C7CCCCC7)C[C@H]7[C@]68C(=O)O/C(=C(/O)[C@@H]6CC[C@@H]9[C@H]%10C[C@@H](CN9[C@H]6[C@H]6CC9(CCCC9)[C@@]9(CCCC9%11CCCC%11)C6)[C@H](CC2)N3C%10)[C@@]8(CC5)[C@]72OC(=O)c3c(CCCN)cccc32)C[C@H]41. The maximum Gasteiger partial charge on any atom is 0.339 e. The molecule has 10 fully saturated rings. The highest BCUT2D eigenvalue weighted by molar-refractivity contribution is 6.00. The van der Waals surface area contributed by atoms with Crippen molar-refractivity contribution in [2.24, 2.45) is 97.9 Å². The average molecular weight is 1050 g/mol. The molecule has 17 atom stereocenters. The number of piperidine rings is 3. The molecular weight excluding hydrogens is 963 g/mol. The van der Waals surface area contributed by atoms with Gasteiger partial charge in [0, 0.05) is 60.2 Å². The lowest BCUT2D eigenvalue weighted by Gasteiger charge is -2.73. The van der Waals surface area contributed by atoms with E-state index in [1.54, 1.807) is 16.8 Å². The Hall–Kier alpha value is -3.36. The number of hydrogen-bond donors (Lipinski definition) is 2. The van der Waals surface area contributed by atoms with E-state index in [4.69, 9.17) is 15.2 Å². The number of nitrogens with zero attached hydrogens (tertiary/aromatic N) is 2. The lowest BCUT2D eigenvalue weighted by atomic mass is 9.27. The first-order valence-corrected chi connectivity index (χ1v) is 33.5. The van der Waals surface area contributed by atoms with Crippen molar-refractivity contribution in [2.45, 2.75) is 223 Å². The Balaban J connectivity index is 0.909. The average Bonchev–Trinajstić information content (AvgIpc) is 1.56. The summed E-state index contributed by atoms with van der Waals surface area (Å²) in [6, 6.07) is 7.82. The molecule has 6 spiro atoms. The molecule has 1 aromatic carbocycles. The predicted octanol–water partition coefficient (Wildman–Crippen LogP) is 13.9. The standard InChI is InChI=1S/C70H91N3O5/c1-40-32-45-19-21-53-46-33-47-39-73(53)60(45)57-49-23-30-68-62(61(74)50-20-22-54(47)72(38-46)59(50)48-36-66(26-7-8-27-66)67(37-48)29-11-28-65(67)24-5-6-25-65)77-64(76)69(68)55(70(68)52-16-9-14-42(15-10-31-71)56(52)63(75)78-70)35-43(41-12-3-2-4-13-41)17-18-44(58(49)69)34-51(40)57/h9,14,16-18,40-41,43-44,46-48,50-51,53-55,57,59,74H,2-8,10-13,15,19-39,71H2,1H3/b18-17-,62-61+/t40-,43-,44+,46+,47+,48+,50-,51+,53+,54-,55+,57+,59+,67+,68-,69-,70-/m1/s1. The second-order valence-electron chi connectivity index (χ2n) is 31.0. The fraction of sp³-hybridized carbons (Fsp3) is 0.771. The number of aryl methyl sites for hydroxylation is 1. The number of hydrogen-bond acceptors (Lipinski definition) is 8. The molecule has 17 aliphatic rings. The summed E-state index contributed by atoms with van der Waals surface area (Å²) in [6.07, 6.45) is 41.7. The summed E-state index contributed by atoms with van der Waals surface area (Å²) >= 11 is 0. The number of aliphatic hydroxyl groups excluding tert-OH is 1. The minimum absolute atomic E-state index is 0.108. The number of nitrogens with two attached hydrogens (primary N) is 1. The van der Waals surface area contributed by atoms with Crippen LogP contribution in [0.2, 0.25) is 0 Å². The van der Waals surface area contributed by atoms with Crippen LogP contribution >= 0.6 is 0 Å². The van der Waals surface area contributed by atoms with Gasteiger partial charge in [-0.1, -0.05) is 99.8 Å². The van der Waals surface area contributed by atoms with Gasteiger partial charge in [0.2, 0.25) is 0 Å². The largest absolute Gasteiger partial charge is 0.508 e. The molecule has 8 heteroatoms. The molecule has 6 saturated carbocycles. The summed E-state index contributed by atoms with van der Waals surface area (Å²) in [4.78, 5) is 38.7. The first-order valence-electron chi connectivity index (χ1n) is 33.5. The highest BCUT2D eigenvalue weighted by atomic mass is 16.6. The van der Waals surface area contributed by atoms with Gasteiger partial charge in [0.05, 0.1) is 11.0 Å². The summed E-state index contributed by atoms with van der Waals surface area (Å²) in [5.41, 5.74) is 13.4. The van der Waals surface area contributed by atoms with Crippen molar-refractivity contribution in [1.29, 1.82) is 0 Å². The summed E-state index contributed by atoms with van der Waals surface area (Å²) < 4.78 is 15.1. The van der Waals surface area contributed by atoms with Crippen LogP contribution in [-0.4, -0.2) is 64.6 Å². The molecule has 78 heavy (non-hydrogen) atoms. The molecule has 0 unspecified atom stereocenters. The highest BCUT2D eigenvalue weighted by Gasteiger charge is 2.94. The molecule has 7 bridgehead atoms. The molecule has 0 amide bonds. The third-order valence-corrected chi connectivity index (χ3v) is 29.2. The van der Waals surface area contributed by atoms with Crippen molar-refractivity contribution in [2.75, 3.05) is 19.6 Å². The number of allylic oxidation sites excluding steroid dienone is 4. The zero-order valence-electron chi connectivity index (χ0n) is 47.4. The molecule has 4 saturated heterocycles. The Morgan fingerprint density at radius 3 is 2.41 bits per heavy atom. The number of esters is 2. The van der Waals surface area contributed by atoms with Gasteiger partial charge >= 0.3 is 11.9 Å². The molecule has 8 nitrogen and oxygen atoms in total. The number of aliphatic hydroxyl groups is 1. The quantitative estimate of drug-likeness (QED) is 0.222. The van der Waals surface area contributed by atoms with Crippen molar-refractivity contribution in [3.05, 3.63) is 81.0 Å². The Morgan fingerprint density at radius 2 is 1.58 bits per heavy atom. The molecule has 7 heterocycles. The van der Waals surface area contributed by atoms with Crippen molar-refractivity contribution in [3.8, 4) is 0 Å². The van der Waals surface area contributed by atoms with Crippen molar-refractivity contribution in [1.82, 2.24) is 9.80 Å². The normalized spacial score (nSPS) is 48.8. The van der Waals surface area contributed by atoms with Crippen LogP contribution in [0.1, 0.15) is 215 Å². The van der Waals surface area contributed by atoms with E-state index in [1.807, 2.05) is 0 Å². The number of fused-ring (bicyclic) bond motifs is 10. The molecule has 18 rings (SSSR count). The fourth-order valence-corrected chi connectivity index (χ4v) is 27.2. The zero-order valence-corrected chi connectivity index (χ0v) is 47.4. The van der Waals surface area contributed by atoms with Gasteiger partial charge in [-0.3, -0.25) is 9.69 Å². The number of carbonyl (C=O) groups is 2. The van der Waals surface area contributed by atoms with Crippen LogP contribution in [-0.2, 0) is 26.3 Å². The molecule has 1 aromatic rings. The maximum atomic E-state index is 16.9. The third-order valence-electron chi connectivity index (χ3n) is 29.2. The Bertz CT molecular complexity index is 2910. The molecular formula is C70H91N3O5. The van der Waals surface area contributed by atoms with Crippen LogP contribution < -0.4 is 5.73 Å². The van der Waals surface area contributed by atoms with E-state index in [1.165, 1.54) is 153 Å². The molecule has 7 aliphatic heterocycles. The van der Waals surface area contributed by atoms with E-state index < -0.39 is 16.4 Å². The lowest BCUT2D eigenvalue weighted by Crippen LogP contribution is -2.78. The van der Waals surface area contributed by atoms with E-state index in [-0.39, 0.29) is 41.7 Å². The van der Waals surface area contributed by atoms with Gasteiger partial charge in [0.15, 0.2) is 11.4 Å². The van der Waals surface area contributed by atoms with E-state index in [2.05, 4.69) is 47.1 Å². The second kappa shape index (κ2) is 16.5. The Morgan fingerprint density at radius 1 is 0.769 bits per heavy atom. The Labute approximate surface area is 465 Å². The van der Waals surface area contributed by atoms with Gasteiger partial charge in [-0.25, -0.2) is 4.79 Å². The van der Waals surface area contributed by atoms with E-state index in [9.17, 15) is 5.11 Å². The van der Waals surface area contributed by atoms with Crippen LogP contribution in [0.4, 0.5) is 0 Å². The minimum atomic E-state index is -1.14. The number of benzene rings is 1. The molecule has 0 radical (unpaired) electrons. The van der Waals surface area contributed by atoms with Crippen molar-refractivity contribution < 1.29 is 24.2 Å². The van der Waals surface area contributed by atoms with E-state index in [0.29, 0.717) is 101 Å². The first kappa shape index (κ1) is 48.2. The molecule has 416 valence electrons. The zero-order chi connectivity index (χ0) is 51.9. The van der Waals surface area contributed by atoms with Gasteiger partial charge < -0.3 is 25.2 Å².